The first-order valence-electron chi connectivity index (χ1n) is 18.8. The molecule has 258 valence electrons. The van der Waals surface area contributed by atoms with Crippen molar-refractivity contribution in [2.45, 2.75) is 0 Å². The zero-order valence-corrected chi connectivity index (χ0v) is 29.9. The second kappa shape index (κ2) is 12.6. The summed E-state index contributed by atoms with van der Waals surface area (Å²) in [6, 6.07) is 73.8. The molecule has 2 aromatic heterocycles. The Labute approximate surface area is 318 Å². The smallest absolute Gasteiger partial charge is 0.161 e. The topological polar surface area (TPSA) is 21.3 Å². The monoisotopic (exact) mass is 702 g/mol. The van der Waals surface area contributed by atoms with Gasteiger partial charge in [0.1, 0.15) is 11.1 Å². The summed E-state index contributed by atoms with van der Waals surface area (Å²) >= 11 is 0. The number of hydrogen-bond acceptors (Lipinski definition) is 2. The molecule has 0 N–H and O–H groups in total. The predicted octanol–water partition coefficient (Wildman–Crippen LogP) is 14.6. The van der Waals surface area contributed by atoms with Gasteiger partial charge < -0.3 is 13.9 Å². The highest BCUT2D eigenvalue weighted by Crippen LogP contribution is 2.43. The molecule has 2 heterocycles. The highest BCUT2D eigenvalue weighted by Gasteiger charge is 2.21. The minimum Gasteiger partial charge on any atom is -0.453 e. The number of hydrogen-bond donors (Lipinski definition) is 0. The number of aromatic nitrogens is 1. The largest absolute Gasteiger partial charge is 0.453 e. The molecule has 0 fully saturated rings. The van der Waals surface area contributed by atoms with Gasteiger partial charge in [-0.05, 0) is 105 Å². The summed E-state index contributed by atoms with van der Waals surface area (Å²) in [5.41, 5.74) is 13.0. The first-order valence-corrected chi connectivity index (χ1v) is 18.8. The van der Waals surface area contributed by atoms with Gasteiger partial charge >= 0.3 is 0 Å². The Morgan fingerprint density at radius 3 is 1.73 bits per heavy atom. The third-order valence-electron chi connectivity index (χ3n) is 11.0. The zero-order chi connectivity index (χ0) is 36.3. The molecule has 0 saturated carbocycles. The van der Waals surface area contributed by atoms with Crippen LogP contribution in [0.4, 0.5) is 17.1 Å². The fraction of sp³-hybridized carbons (Fsp3) is 0. The van der Waals surface area contributed by atoms with Crippen LogP contribution in [0, 0.1) is 0 Å². The molecular formula is C52H34N2O. The molecule has 0 atom stereocenters. The molecule has 0 amide bonds. The van der Waals surface area contributed by atoms with Crippen molar-refractivity contribution in [3.63, 3.8) is 0 Å². The van der Waals surface area contributed by atoms with Crippen molar-refractivity contribution in [1.29, 1.82) is 0 Å². The van der Waals surface area contributed by atoms with Crippen LogP contribution in [0.5, 0.6) is 0 Å². The predicted molar refractivity (Wildman–Crippen MR) is 231 cm³/mol. The van der Waals surface area contributed by atoms with Crippen LogP contribution in [0.15, 0.2) is 211 Å². The molecular weight excluding hydrogens is 669 g/mol. The molecule has 0 aliphatic rings. The van der Waals surface area contributed by atoms with Crippen molar-refractivity contribution >= 4 is 71.6 Å². The fourth-order valence-electron chi connectivity index (χ4n) is 8.37. The third kappa shape index (κ3) is 5.13. The van der Waals surface area contributed by atoms with Crippen LogP contribution in [0.1, 0.15) is 0 Å². The van der Waals surface area contributed by atoms with Gasteiger partial charge in [0, 0.05) is 39.1 Å². The van der Waals surface area contributed by atoms with Crippen molar-refractivity contribution in [2.75, 3.05) is 4.90 Å². The van der Waals surface area contributed by atoms with Crippen LogP contribution in [0.25, 0.3) is 82.5 Å². The number of rotatable bonds is 6. The highest BCUT2D eigenvalue weighted by molar-refractivity contribution is 6.18. The molecule has 11 rings (SSSR count). The normalized spacial score (nSPS) is 11.6. The maximum atomic E-state index is 6.86. The molecule has 0 bridgehead atoms. The maximum Gasteiger partial charge on any atom is 0.161 e. The van der Waals surface area contributed by atoms with Crippen LogP contribution in [0.2, 0.25) is 0 Å². The molecule has 0 aliphatic carbocycles. The summed E-state index contributed by atoms with van der Waals surface area (Å²) in [6.07, 6.45) is 0. The lowest BCUT2D eigenvalue weighted by molar-refractivity contribution is 0.674. The van der Waals surface area contributed by atoms with Gasteiger partial charge in [-0.1, -0.05) is 140 Å². The maximum absolute atomic E-state index is 6.86. The van der Waals surface area contributed by atoms with Gasteiger partial charge in [-0.2, -0.15) is 0 Å². The molecule has 3 nitrogen and oxygen atoms in total. The Balaban J connectivity index is 1.04. The molecule has 0 spiro atoms. The summed E-state index contributed by atoms with van der Waals surface area (Å²) in [4.78, 5) is 2.35. The number of nitrogens with zero attached hydrogens (tertiary/aromatic N) is 2. The number of furan rings is 1. The van der Waals surface area contributed by atoms with E-state index >= 15 is 0 Å². The first-order chi connectivity index (χ1) is 27.3. The van der Waals surface area contributed by atoms with Crippen molar-refractivity contribution in [3.05, 3.63) is 206 Å². The van der Waals surface area contributed by atoms with E-state index in [1.807, 2.05) is 0 Å². The lowest BCUT2D eigenvalue weighted by Gasteiger charge is -2.26. The Bertz CT molecular complexity index is 3180. The van der Waals surface area contributed by atoms with Gasteiger partial charge in [-0.15, -0.1) is 0 Å². The Hall–Kier alpha value is -7.36. The Kier molecular flexibility index (Phi) is 7.17. The van der Waals surface area contributed by atoms with E-state index in [4.69, 9.17) is 4.42 Å². The molecule has 0 aliphatic heterocycles. The van der Waals surface area contributed by atoms with Crippen LogP contribution >= 0.6 is 0 Å². The molecule has 3 heteroatoms. The van der Waals surface area contributed by atoms with Crippen molar-refractivity contribution in [3.8, 4) is 27.9 Å². The van der Waals surface area contributed by atoms with E-state index in [-0.39, 0.29) is 0 Å². The molecule has 9 aromatic carbocycles. The second-order valence-corrected chi connectivity index (χ2v) is 14.1. The molecule has 55 heavy (non-hydrogen) atoms. The van der Waals surface area contributed by atoms with Gasteiger partial charge in [0.05, 0.1) is 5.52 Å². The van der Waals surface area contributed by atoms with E-state index < -0.39 is 0 Å². The molecule has 11 aromatic rings. The average Bonchev–Trinajstić information content (AvgIpc) is 3.80. The second-order valence-electron chi connectivity index (χ2n) is 14.1. The van der Waals surface area contributed by atoms with Gasteiger partial charge in [0.15, 0.2) is 5.58 Å². The zero-order valence-electron chi connectivity index (χ0n) is 29.9. The number of benzene rings is 9. The summed E-state index contributed by atoms with van der Waals surface area (Å²) < 4.78 is 9.19. The highest BCUT2D eigenvalue weighted by atomic mass is 16.3. The van der Waals surface area contributed by atoms with Crippen molar-refractivity contribution < 1.29 is 4.42 Å². The van der Waals surface area contributed by atoms with E-state index in [0.717, 1.165) is 66.8 Å². The summed E-state index contributed by atoms with van der Waals surface area (Å²) in [7, 11) is 0. The van der Waals surface area contributed by atoms with Crippen LogP contribution in [0.3, 0.4) is 0 Å². The lowest BCUT2D eigenvalue weighted by atomic mass is 10.00. The quantitative estimate of drug-likeness (QED) is 0.161. The Morgan fingerprint density at radius 1 is 0.364 bits per heavy atom. The number of fused-ring (bicyclic) bond motifs is 8. The van der Waals surface area contributed by atoms with Crippen LogP contribution in [-0.2, 0) is 0 Å². The SMILES string of the molecule is c1ccc(-c2ccc(N(c3ccc(-c4cccc5c4oc4c6ccccc6n(-c6ccccc6)c54)cc3)c3ccc4c(ccc5ccccc54)c3)cc2)cc1. The van der Waals surface area contributed by atoms with E-state index in [1.54, 1.807) is 0 Å². The minimum absolute atomic E-state index is 0.894. The minimum atomic E-state index is 0.894. The Morgan fingerprint density at radius 2 is 0.945 bits per heavy atom. The standard InChI is InChI=1S/C52H34N2O/c1-3-12-35(13-4-1)36-24-28-41(29-25-36)53(43-32-33-45-39(34-43)23-22-37-14-7-8-17-44(37)45)42-30-26-38(27-31-42)46-19-11-20-48-50-52(55-51(46)48)47-18-9-10-21-49(47)54(50)40-15-5-2-6-16-40/h1-34H. The summed E-state index contributed by atoms with van der Waals surface area (Å²) in [5.74, 6) is 0. The van der Waals surface area contributed by atoms with Crippen molar-refractivity contribution in [2.24, 2.45) is 0 Å². The van der Waals surface area contributed by atoms with Crippen LogP contribution < -0.4 is 4.90 Å². The lowest BCUT2D eigenvalue weighted by Crippen LogP contribution is -2.09. The molecule has 0 saturated heterocycles. The van der Waals surface area contributed by atoms with Gasteiger partial charge in [0.25, 0.3) is 0 Å². The van der Waals surface area contributed by atoms with Crippen molar-refractivity contribution in [1.82, 2.24) is 4.57 Å². The van der Waals surface area contributed by atoms with Gasteiger partial charge in [-0.25, -0.2) is 0 Å². The van der Waals surface area contributed by atoms with E-state index in [9.17, 15) is 0 Å². The summed E-state index contributed by atoms with van der Waals surface area (Å²) in [6.45, 7) is 0. The van der Waals surface area contributed by atoms with E-state index in [1.165, 1.54) is 32.7 Å². The molecule has 0 unspecified atom stereocenters. The third-order valence-corrected chi connectivity index (χ3v) is 11.0. The summed E-state index contributed by atoms with van der Waals surface area (Å²) in [5, 5.41) is 7.19. The number of anilines is 3. The average molecular weight is 703 g/mol. The van der Waals surface area contributed by atoms with Gasteiger partial charge in [0.2, 0.25) is 0 Å². The van der Waals surface area contributed by atoms with Crippen LogP contribution in [-0.4, -0.2) is 4.57 Å². The van der Waals surface area contributed by atoms with Gasteiger partial charge in [-0.3, -0.25) is 0 Å². The van der Waals surface area contributed by atoms with E-state index in [2.05, 4.69) is 216 Å². The number of para-hydroxylation sites is 3. The van der Waals surface area contributed by atoms with E-state index in [0.29, 0.717) is 0 Å². The fourth-order valence-corrected chi connectivity index (χ4v) is 8.37. The first kappa shape index (κ1) is 31.2. The molecule has 0 radical (unpaired) electrons.